The minimum atomic E-state index is -0.357. The summed E-state index contributed by atoms with van der Waals surface area (Å²) in [5.74, 6) is -0.216. The molecule has 0 atom stereocenters. The van der Waals surface area contributed by atoms with E-state index in [1.807, 2.05) is 6.92 Å². The summed E-state index contributed by atoms with van der Waals surface area (Å²) in [6, 6.07) is 0. The maximum Gasteiger partial charge on any atom is 0.335 e. The van der Waals surface area contributed by atoms with Gasteiger partial charge in [0.2, 0.25) is 0 Å². The van der Waals surface area contributed by atoms with E-state index in [2.05, 4.69) is 19.2 Å². The van der Waals surface area contributed by atoms with Gasteiger partial charge in [-0.25, -0.2) is 4.79 Å². The summed E-state index contributed by atoms with van der Waals surface area (Å²) in [6.07, 6.45) is 1.79. The number of carbonyl (C=O) groups is 2. The van der Waals surface area contributed by atoms with Gasteiger partial charge in [-0.05, 0) is 18.8 Å². The Hall–Kier alpha value is -1.58. The zero-order valence-corrected chi connectivity index (χ0v) is 11.3. The number of dihydropyridines is 1. The van der Waals surface area contributed by atoms with Gasteiger partial charge in [0.1, 0.15) is 0 Å². The average Bonchev–Trinajstić information content (AvgIpc) is 2.25. The van der Waals surface area contributed by atoms with Crippen LogP contribution in [0.3, 0.4) is 0 Å². The molecule has 0 aromatic rings. The minimum absolute atomic E-state index is 0.00797. The number of esters is 1. The van der Waals surface area contributed by atoms with Crippen molar-refractivity contribution in [3.8, 4) is 0 Å². The molecule has 0 saturated heterocycles. The van der Waals surface area contributed by atoms with Crippen LogP contribution in [0.5, 0.6) is 0 Å². The van der Waals surface area contributed by atoms with Crippen LogP contribution in [0, 0.1) is 5.41 Å². The topological polar surface area (TPSA) is 55.4 Å². The highest BCUT2D eigenvalue weighted by atomic mass is 16.5. The standard InChI is InChI=1S/C14H19NO3/c1-8-9(13(17)18-4)5-10-11(15-8)6-14(2,3)7-12(10)16/h15H,5-7H2,1-4H3. The van der Waals surface area contributed by atoms with Crippen LogP contribution in [0.15, 0.2) is 22.5 Å². The lowest BCUT2D eigenvalue weighted by molar-refractivity contribution is -0.136. The smallest absolute Gasteiger partial charge is 0.335 e. The van der Waals surface area contributed by atoms with Crippen molar-refractivity contribution >= 4 is 11.8 Å². The fourth-order valence-corrected chi connectivity index (χ4v) is 2.64. The van der Waals surface area contributed by atoms with Crippen molar-refractivity contribution in [1.82, 2.24) is 5.32 Å². The van der Waals surface area contributed by atoms with Crippen LogP contribution in [-0.4, -0.2) is 18.9 Å². The Morgan fingerprint density at radius 1 is 1.33 bits per heavy atom. The maximum atomic E-state index is 12.1. The lowest BCUT2D eigenvalue weighted by Crippen LogP contribution is -2.35. The second kappa shape index (κ2) is 4.26. The van der Waals surface area contributed by atoms with Crippen LogP contribution in [-0.2, 0) is 14.3 Å². The number of ketones is 1. The van der Waals surface area contributed by atoms with E-state index in [4.69, 9.17) is 4.74 Å². The summed E-state index contributed by atoms with van der Waals surface area (Å²) in [5, 5.41) is 3.21. The number of hydrogen-bond donors (Lipinski definition) is 1. The van der Waals surface area contributed by atoms with Crippen LogP contribution < -0.4 is 5.32 Å². The molecule has 2 rings (SSSR count). The van der Waals surface area contributed by atoms with Gasteiger partial charge in [0.25, 0.3) is 0 Å². The maximum absolute atomic E-state index is 12.1. The van der Waals surface area contributed by atoms with E-state index in [9.17, 15) is 9.59 Å². The Kier molecular flexibility index (Phi) is 3.05. The molecule has 0 spiro atoms. The summed E-state index contributed by atoms with van der Waals surface area (Å²) >= 11 is 0. The number of allylic oxidation sites excluding steroid dienone is 3. The van der Waals surface area contributed by atoms with E-state index in [-0.39, 0.29) is 17.2 Å². The first-order valence-corrected chi connectivity index (χ1v) is 6.14. The fourth-order valence-electron chi connectivity index (χ4n) is 2.64. The Balaban J connectivity index is 2.31. The molecule has 1 aliphatic heterocycles. The van der Waals surface area contributed by atoms with Crippen LogP contribution in [0.25, 0.3) is 0 Å². The summed E-state index contributed by atoms with van der Waals surface area (Å²) in [6.45, 7) is 6.03. The molecular formula is C14H19NO3. The molecule has 0 fully saturated rings. The van der Waals surface area contributed by atoms with Gasteiger partial charge < -0.3 is 10.1 Å². The molecule has 2 aliphatic rings. The highest BCUT2D eigenvalue weighted by Gasteiger charge is 2.36. The first-order valence-electron chi connectivity index (χ1n) is 6.14. The molecule has 4 heteroatoms. The Bertz CT molecular complexity index is 483. The first-order chi connectivity index (χ1) is 8.34. The van der Waals surface area contributed by atoms with Crippen molar-refractivity contribution in [2.45, 2.75) is 40.0 Å². The second-order valence-electron chi connectivity index (χ2n) is 5.79. The van der Waals surface area contributed by atoms with Gasteiger partial charge in [-0.15, -0.1) is 0 Å². The zero-order valence-electron chi connectivity index (χ0n) is 11.3. The fraction of sp³-hybridized carbons (Fsp3) is 0.571. The summed E-state index contributed by atoms with van der Waals surface area (Å²) in [5.41, 5.74) is 3.07. The van der Waals surface area contributed by atoms with Gasteiger partial charge in [0.05, 0.1) is 12.7 Å². The Morgan fingerprint density at radius 3 is 2.61 bits per heavy atom. The molecule has 4 nitrogen and oxygen atoms in total. The van der Waals surface area contributed by atoms with Crippen molar-refractivity contribution < 1.29 is 14.3 Å². The van der Waals surface area contributed by atoms with Gasteiger partial charge in [0.15, 0.2) is 5.78 Å². The lowest BCUT2D eigenvalue weighted by atomic mass is 9.73. The number of ether oxygens (including phenoxy) is 1. The number of rotatable bonds is 1. The van der Waals surface area contributed by atoms with Crippen LogP contribution in [0.4, 0.5) is 0 Å². The van der Waals surface area contributed by atoms with Gasteiger partial charge >= 0.3 is 5.97 Å². The number of nitrogens with one attached hydrogen (secondary N) is 1. The summed E-state index contributed by atoms with van der Waals surface area (Å²) in [4.78, 5) is 23.8. The summed E-state index contributed by atoms with van der Waals surface area (Å²) in [7, 11) is 1.36. The predicted molar refractivity (Wildman–Crippen MR) is 67.5 cm³/mol. The average molecular weight is 249 g/mol. The third kappa shape index (κ3) is 2.19. The normalized spacial score (nSPS) is 22.6. The van der Waals surface area contributed by atoms with Gasteiger partial charge in [-0.2, -0.15) is 0 Å². The Morgan fingerprint density at radius 2 is 2.00 bits per heavy atom. The molecular weight excluding hydrogens is 230 g/mol. The van der Waals surface area contributed by atoms with Crippen LogP contribution in [0.2, 0.25) is 0 Å². The largest absolute Gasteiger partial charge is 0.466 e. The molecule has 0 radical (unpaired) electrons. The van der Waals surface area contributed by atoms with E-state index in [1.54, 1.807) is 0 Å². The monoisotopic (exact) mass is 249 g/mol. The highest BCUT2D eigenvalue weighted by Crippen LogP contribution is 2.40. The molecule has 0 unspecified atom stereocenters. The molecule has 0 bridgehead atoms. The number of Topliss-reactive ketones (excluding diaryl/α,β-unsaturated/α-hetero) is 1. The third-order valence-corrected chi connectivity index (χ3v) is 3.57. The molecule has 0 saturated carbocycles. The van der Waals surface area contributed by atoms with Crippen LogP contribution >= 0.6 is 0 Å². The van der Waals surface area contributed by atoms with Crippen molar-refractivity contribution in [2.75, 3.05) is 7.11 Å². The molecule has 1 aliphatic carbocycles. The van der Waals surface area contributed by atoms with Gasteiger partial charge in [-0.3, -0.25) is 4.79 Å². The molecule has 98 valence electrons. The number of hydrogen-bond acceptors (Lipinski definition) is 4. The number of methoxy groups -OCH3 is 1. The number of carbonyl (C=O) groups excluding carboxylic acids is 2. The predicted octanol–water partition coefficient (Wildman–Crippen LogP) is 2.07. The molecule has 1 N–H and O–H groups in total. The van der Waals surface area contributed by atoms with Gasteiger partial charge in [0, 0.05) is 29.8 Å². The van der Waals surface area contributed by atoms with Crippen molar-refractivity contribution in [2.24, 2.45) is 5.41 Å². The van der Waals surface area contributed by atoms with Gasteiger partial charge in [-0.1, -0.05) is 13.8 Å². The SMILES string of the molecule is COC(=O)C1=C(C)NC2=C(C1)C(=O)CC(C)(C)C2. The van der Waals surface area contributed by atoms with E-state index in [0.29, 0.717) is 18.4 Å². The van der Waals surface area contributed by atoms with E-state index < -0.39 is 0 Å². The lowest BCUT2D eigenvalue weighted by Gasteiger charge is -2.35. The van der Waals surface area contributed by atoms with E-state index >= 15 is 0 Å². The third-order valence-electron chi connectivity index (χ3n) is 3.57. The Labute approximate surface area is 107 Å². The molecule has 18 heavy (non-hydrogen) atoms. The quantitative estimate of drug-likeness (QED) is 0.723. The molecule has 1 heterocycles. The molecule has 0 aromatic heterocycles. The van der Waals surface area contributed by atoms with Crippen LogP contribution in [0.1, 0.15) is 40.0 Å². The van der Waals surface area contributed by atoms with Crippen molar-refractivity contribution in [1.29, 1.82) is 0 Å². The van der Waals surface area contributed by atoms with Crippen molar-refractivity contribution in [3.05, 3.63) is 22.5 Å². The van der Waals surface area contributed by atoms with Crippen molar-refractivity contribution in [3.63, 3.8) is 0 Å². The highest BCUT2D eigenvalue weighted by molar-refractivity contribution is 6.01. The van der Waals surface area contributed by atoms with E-state index in [0.717, 1.165) is 23.4 Å². The first kappa shape index (κ1) is 12.9. The summed E-state index contributed by atoms with van der Waals surface area (Å²) < 4.78 is 4.75. The molecule has 0 amide bonds. The second-order valence-corrected chi connectivity index (χ2v) is 5.79. The molecule has 0 aromatic carbocycles. The zero-order chi connectivity index (χ0) is 13.5. The van der Waals surface area contributed by atoms with E-state index in [1.165, 1.54) is 7.11 Å². The minimum Gasteiger partial charge on any atom is -0.466 e.